The van der Waals surface area contributed by atoms with Gasteiger partial charge < -0.3 is 11.1 Å². The third kappa shape index (κ3) is 4.08. The van der Waals surface area contributed by atoms with Crippen molar-refractivity contribution in [2.45, 2.75) is 25.3 Å². The van der Waals surface area contributed by atoms with Crippen LogP contribution >= 0.6 is 23.7 Å². The van der Waals surface area contributed by atoms with Crippen molar-refractivity contribution in [1.29, 1.82) is 0 Å². The Hall–Kier alpha value is -2.15. The van der Waals surface area contributed by atoms with Crippen LogP contribution < -0.4 is 11.1 Å². The van der Waals surface area contributed by atoms with E-state index in [0.29, 0.717) is 18.0 Å². The van der Waals surface area contributed by atoms with Gasteiger partial charge in [-0.3, -0.25) is 4.79 Å². The number of aromatic nitrogens is 2. The number of carbonyl (C=O) groups is 1. The molecule has 1 aliphatic rings. The first-order valence-electron chi connectivity index (χ1n) is 8.96. The topological polar surface area (TPSA) is 72.9 Å². The number of amides is 1. The second-order valence-electron chi connectivity index (χ2n) is 6.66. The second-order valence-corrected chi connectivity index (χ2v) is 7.60. The van der Waals surface area contributed by atoms with E-state index >= 15 is 0 Å². The Labute approximate surface area is 169 Å². The number of carbonyl (C=O) groups excluding carboxylic acids is 1. The Morgan fingerprint density at radius 3 is 2.74 bits per heavy atom. The number of nitrogens with two attached hydrogens (primary N) is 1. The molecule has 2 atom stereocenters. The molecule has 142 valence electrons. The molecule has 2 unspecified atom stereocenters. The van der Waals surface area contributed by atoms with Gasteiger partial charge in [0.15, 0.2) is 0 Å². The summed E-state index contributed by atoms with van der Waals surface area (Å²) < 4.78 is 1.78. The molecule has 0 saturated heterocycles. The fourth-order valence-corrected chi connectivity index (χ4v) is 4.33. The number of hydrogen-bond donors (Lipinski definition) is 2. The lowest BCUT2D eigenvalue weighted by Gasteiger charge is -2.19. The first-order chi connectivity index (χ1) is 12.8. The van der Waals surface area contributed by atoms with Gasteiger partial charge >= 0.3 is 0 Å². The van der Waals surface area contributed by atoms with Crippen LogP contribution in [0.1, 0.15) is 29.6 Å². The molecule has 2 heterocycles. The molecule has 5 nitrogen and oxygen atoms in total. The van der Waals surface area contributed by atoms with E-state index in [1.165, 1.54) is 0 Å². The highest BCUT2D eigenvalue weighted by atomic mass is 35.5. The standard InChI is InChI=1S/C20H22N4OS.ClH/c21-12-14-6-4-9-17(14)22-20(25)16-13-24(15-7-2-1-3-8-15)23-19(16)18-10-5-11-26-18;/h1-3,5,7-8,10-11,13-14,17H,4,6,9,12,21H2,(H,22,25);1H. The summed E-state index contributed by atoms with van der Waals surface area (Å²) in [7, 11) is 0. The lowest BCUT2D eigenvalue weighted by molar-refractivity contribution is 0.0929. The maximum absolute atomic E-state index is 13.0. The van der Waals surface area contributed by atoms with E-state index in [4.69, 9.17) is 10.8 Å². The number of benzene rings is 1. The van der Waals surface area contributed by atoms with Crippen molar-refractivity contribution in [3.05, 3.63) is 59.6 Å². The molecule has 0 spiro atoms. The molecular formula is C20H23ClN4OS. The lowest BCUT2D eigenvalue weighted by Crippen LogP contribution is -2.39. The van der Waals surface area contributed by atoms with E-state index in [1.807, 2.05) is 54.0 Å². The zero-order valence-electron chi connectivity index (χ0n) is 14.9. The molecule has 3 N–H and O–H groups in total. The van der Waals surface area contributed by atoms with E-state index in [1.54, 1.807) is 16.0 Å². The predicted octanol–water partition coefficient (Wildman–Crippen LogP) is 3.88. The van der Waals surface area contributed by atoms with Crippen LogP contribution in [0.3, 0.4) is 0 Å². The molecule has 0 aliphatic heterocycles. The van der Waals surface area contributed by atoms with Crippen LogP contribution in [0.5, 0.6) is 0 Å². The molecule has 1 aliphatic carbocycles. The Bertz CT molecular complexity index is 879. The van der Waals surface area contributed by atoms with E-state index in [-0.39, 0.29) is 24.4 Å². The van der Waals surface area contributed by atoms with Crippen molar-refractivity contribution in [3.63, 3.8) is 0 Å². The van der Waals surface area contributed by atoms with E-state index in [2.05, 4.69) is 5.32 Å². The number of thiophene rings is 1. The number of nitrogens with one attached hydrogen (secondary N) is 1. The van der Waals surface area contributed by atoms with Crippen molar-refractivity contribution in [3.8, 4) is 16.3 Å². The van der Waals surface area contributed by atoms with Crippen molar-refractivity contribution < 1.29 is 4.79 Å². The Kier molecular flexibility index (Phi) is 6.31. The first kappa shape index (κ1) is 19.6. The molecule has 27 heavy (non-hydrogen) atoms. The summed E-state index contributed by atoms with van der Waals surface area (Å²) in [4.78, 5) is 14.0. The highest BCUT2D eigenvalue weighted by Gasteiger charge is 2.29. The lowest BCUT2D eigenvalue weighted by atomic mass is 10.0. The van der Waals surface area contributed by atoms with Gasteiger partial charge in [-0.2, -0.15) is 5.10 Å². The van der Waals surface area contributed by atoms with Crippen molar-refractivity contribution in [1.82, 2.24) is 15.1 Å². The van der Waals surface area contributed by atoms with E-state index < -0.39 is 0 Å². The third-order valence-corrected chi connectivity index (χ3v) is 5.89. The smallest absolute Gasteiger partial charge is 0.255 e. The SMILES string of the molecule is Cl.NCC1CCCC1NC(=O)c1cn(-c2ccccc2)nc1-c1cccs1. The zero-order chi connectivity index (χ0) is 17.9. The highest BCUT2D eigenvalue weighted by molar-refractivity contribution is 7.13. The van der Waals surface area contributed by atoms with Gasteiger partial charge in [-0.25, -0.2) is 4.68 Å². The van der Waals surface area contributed by atoms with Gasteiger partial charge in [0.1, 0.15) is 5.69 Å². The van der Waals surface area contributed by atoms with Gasteiger partial charge in [-0.15, -0.1) is 23.7 Å². The minimum absolute atomic E-state index is 0. The van der Waals surface area contributed by atoms with Crippen molar-refractivity contribution in [2.24, 2.45) is 11.7 Å². The number of hydrogen-bond acceptors (Lipinski definition) is 4. The van der Waals surface area contributed by atoms with Crippen molar-refractivity contribution in [2.75, 3.05) is 6.54 Å². The number of nitrogens with zero attached hydrogens (tertiary/aromatic N) is 2. The molecule has 1 amide bonds. The third-order valence-electron chi connectivity index (χ3n) is 5.01. The maximum atomic E-state index is 13.0. The average molecular weight is 403 g/mol. The molecule has 2 aromatic heterocycles. The summed E-state index contributed by atoms with van der Waals surface area (Å²) in [6.45, 7) is 0.617. The zero-order valence-corrected chi connectivity index (χ0v) is 16.5. The number of rotatable bonds is 5. The van der Waals surface area contributed by atoms with Crippen LogP contribution in [-0.4, -0.2) is 28.3 Å². The maximum Gasteiger partial charge on any atom is 0.255 e. The fourth-order valence-electron chi connectivity index (χ4n) is 3.60. The first-order valence-corrected chi connectivity index (χ1v) is 9.84. The number of para-hydroxylation sites is 1. The summed E-state index contributed by atoms with van der Waals surface area (Å²) in [5.74, 6) is 0.300. The summed E-state index contributed by atoms with van der Waals surface area (Å²) in [5.41, 5.74) is 8.13. The Morgan fingerprint density at radius 2 is 2.04 bits per heavy atom. The van der Waals surface area contributed by atoms with Gasteiger partial charge in [0.2, 0.25) is 0 Å². The quantitative estimate of drug-likeness (QED) is 0.680. The van der Waals surface area contributed by atoms with Gasteiger partial charge in [0, 0.05) is 12.2 Å². The molecule has 1 aromatic carbocycles. The van der Waals surface area contributed by atoms with Crippen LogP contribution in [0.2, 0.25) is 0 Å². The average Bonchev–Trinajstić information content (AvgIpc) is 3.42. The van der Waals surface area contributed by atoms with Crippen LogP contribution in [0.15, 0.2) is 54.0 Å². The normalized spacial score (nSPS) is 18.9. The molecule has 7 heteroatoms. The molecule has 4 rings (SSSR count). The van der Waals surface area contributed by atoms with Crippen LogP contribution in [0, 0.1) is 5.92 Å². The van der Waals surface area contributed by atoms with E-state index in [0.717, 1.165) is 35.5 Å². The van der Waals surface area contributed by atoms with Crippen LogP contribution in [-0.2, 0) is 0 Å². The molecule has 1 saturated carbocycles. The van der Waals surface area contributed by atoms with Crippen LogP contribution in [0.25, 0.3) is 16.3 Å². The fraction of sp³-hybridized carbons (Fsp3) is 0.300. The summed E-state index contributed by atoms with van der Waals surface area (Å²) in [6, 6.07) is 14.0. The van der Waals surface area contributed by atoms with Gasteiger partial charge in [0.25, 0.3) is 5.91 Å². The van der Waals surface area contributed by atoms with Crippen molar-refractivity contribution >= 4 is 29.7 Å². The van der Waals surface area contributed by atoms with Crippen LogP contribution in [0.4, 0.5) is 0 Å². The monoisotopic (exact) mass is 402 g/mol. The second kappa shape index (κ2) is 8.69. The van der Waals surface area contributed by atoms with Gasteiger partial charge in [-0.1, -0.05) is 30.7 Å². The molecule has 0 bridgehead atoms. The highest BCUT2D eigenvalue weighted by Crippen LogP contribution is 2.29. The molecular weight excluding hydrogens is 380 g/mol. The summed E-state index contributed by atoms with van der Waals surface area (Å²) in [5, 5.41) is 9.89. The Morgan fingerprint density at radius 1 is 1.22 bits per heavy atom. The molecule has 1 fully saturated rings. The Balaban J connectivity index is 0.00000210. The summed E-state index contributed by atoms with van der Waals surface area (Å²) >= 11 is 1.59. The van der Waals surface area contributed by atoms with E-state index in [9.17, 15) is 4.79 Å². The molecule has 3 aromatic rings. The number of halogens is 1. The summed E-state index contributed by atoms with van der Waals surface area (Å²) in [6.07, 6.45) is 5.03. The molecule has 0 radical (unpaired) electrons. The van der Waals surface area contributed by atoms with Gasteiger partial charge in [-0.05, 0) is 48.9 Å². The minimum Gasteiger partial charge on any atom is -0.349 e. The van der Waals surface area contributed by atoms with Gasteiger partial charge in [0.05, 0.1) is 16.1 Å². The predicted molar refractivity (Wildman–Crippen MR) is 112 cm³/mol. The minimum atomic E-state index is -0.0686. The largest absolute Gasteiger partial charge is 0.349 e.